The fourth-order valence-corrected chi connectivity index (χ4v) is 10.5. The monoisotopic (exact) mass is 822 g/mol. The lowest BCUT2D eigenvalue weighted by Crippen LogP contribution is -2.27. The van der Waals surface area contributed by atoms with Crippen molar-refractivity contribution in [3.63, 3.8) is 0 Å². The van der Waals surface area contributed by atoms with Crippen LogP contribution in [0, 0.1) is 55.4 Å². The van der Waals surface area contributed by atoms with Gasteiger partial charge >= 0.3 is 0 Å². The smallest absolute Gasteiger partial charge is 0.0225 e. The number of nitrogens with one attached hydrogen (secondary N) is 3. The molecule has 0 saturated carbocycles. The number of aryl methyl sites for hydroxylation is 8. The van der Waals surface area contributed by atoms with Crippen molar-refractivity contribution in [1.29, 1.82) is 0 Å². The van der Waals surface area contributed by atoms with Crippen LogP contribution in [0.3, 0.4) is 0 Å². The van der Waals surface area contributed by atoms with Crippen LogP contribution in [0.4, 0.5) is 0 Å². The van der Waals surface area contributed by atoms with Crippen molar-refractivity contribution >= 4 is 21.5 Å². The van der Waals surface area contributed by atoms with Gasteiger partial charge < -0.3 is 16.0 Å². The molecule has 1 unspecified atom stereocenters. The van der Waals surface area contributed by atoms with Gasteiger partial charge in [0.2, 0.25) is 0 Å². The highest BCUT2D eigenvalue weighted by Crippen LogP contribution is 2.63. The quantitative estimate of drug-likeness (QED) is 0.147. The molecule has 0 bridgehead atoms. The summed E-state index contributed by atoms with van der Waals surface area (Å²) in [4.78, 5) is 0. The van der Waals surface area contributed by atoms with E-state index < -0.39 is 0 Å². The van der Waals surface area contributed by atoms with E-state index in [1.54, 1.807) is 22.3 Å². The highest BCUT2D eigenvalue weighted by atomic mass is 14.8. The molecule has 3 nitrogen and oxygen atoms in total. The Morgan fingerprint density at radius 1 is 0.410 bits per heavy atom. The zero-order valence-electron chi connectivity index (χ0n) is 38.5. The Kier molecular flexibility index (Phi) is 16.6. The van der Waals surface area contributed by atoms with Crippen LogP contribution in [-0.2, 0) is 35.9 Å². The van der Waals surface area contributed by atoms with Gasteiger partial charge in [-0.2, -0.15) is 0 Å². The SMILES string of the molecule is C.C.C.CNCc1cc(C)c(C)cc1C.CNCc1cc2c(cc1C)C(C)(C)CC21CC(C)(C)c2cc(C)c(C)cc21.CNCc1ccc2c(C)c3ccccc3c(C)c2c1. The molecule has 0 radical (unpaired) electrons. The van der Waals surface area contributed by atoms with Crippen LogP contribution in [0.5, 0.6) is 0 Å². The molecule has 0 amide bonds. The van der Waals surface area contributed by atoms with E-state index in [0.29, 0.717) is 0 Å². The van der Waals surface area contributed by atoms with Crippen molar-refractivity contribution < 1.29 is 0 Å². The van der Waals surface area contributed by atoms with Gasteiger partial charge in [0.05, 0.1) is 0 Å². The van der Waals surface area contributed by atoms with Crippen LogP contribution in [0.1, 0.15) is 146 Å². The summed E-state index contributed by atoms with van der Waals surface area (Å²) >= 11 is 0. The Morgan fingerprint density at radius 3 is 1.33 bits per heavy atom. The minimum absolute atomic E-state index is 0. The molecule has 0 fully saturated rings. The molecule has 330 valence electrons. The maximum Gasteiger partial charge on any atom is 0.0225 e. The predicted molar refractivity (Wildman–Crippen MR) is 273 cm³/mol. The van der Waals surface area contributed by atoms with E-state index in [1.807, 2.05) is 21.1 Å². The minimum Gasteiger partial charge on any atom is -0.316 e. The molecule has 0 saturated heterocycles. The van der Waals surface area contributed by atoms with E-state index in [1.165, 1.54) is 95.6 Å². The second kappa shape index (κ2) is 19.8. The van der Waals surface area contributed by atoms with E-state index in [-0.39, 0.29) is 38.5 Å². The van der Waals surface area contributed by atoms with Crippen LogP contribution in [0.15, 0.2) is 78.9 Å². The molecular weight excluding hydrogens is 739 g/mol. The van der Waals surface area contributed by atoms with Gasteiger partial charge in [-0.3, -0.25) is 0 Å². The van der Waals surface area contributed by atoms with E-state index >= 15 is 0 Å². The van der Waals surface area contributed by atoms with Crippen LogP contribution in [0.2, 0.25) is 0 Å². The molecular formula is C58H83N3. The molecule has 6 aromatic rings. The van der Waals surface area contributed by atoms with Crippen molar-refractivity contribution in [3.05, 3.63) is 162 Å². The highest BCUT2D eigenvalue weighted by molar-refractivity contribution is 6.05. The first-order valence-corrected chi connectivity index (χ1v) is 21.6. The van der Waals surface area contributed by atoms with Gasteiger partial charge in [-0.1, -0.05) is 123 Å². The molecule has 61 heavy (non-hydrogen) atoms. The van der Waals surface area contributed by atoms with Gasteiger partial charge in [-0.15, -0.1) is 0 Å². The molecule has 2 aliphatic rings. The van der Waals surface area contributed by atoms with E-state index in [2.05, 4.69) is 178 Å². The second-order valence-corrected chi connectivity index (χ2v) is 19.1. The summed E-state index contributed by atoms with van der Waals surface area (Å²) in [5, 5.41) is 15.2. The van der Waals surface area contributed by atoms with Gasteiger partial charge in [0.15, 0.2) is 0 Å². The Balaban J connectivity index is 0.000000256. The first-order chi connectivity index (χ1) is 27.4. The molecule has 0 heterocycles. The van der Waals surface area contributed by atoms with Crippen molar-refractivity contribution in [3.8, 4) is 0 Å². The van der Waals surface area contributed by atoms with E-state index in [4.69, 9.17) is 0 Å². The lowest BCUT2D eigenvalue weighted by molar-refractivity contribution is 0.349. The average molecular weight is 822 g/mol. The Morgan fingerprint density at radius 2 is 0.803 bits per heavy atom. The Labute approximate surface area is 373 Å². The summed E-state index contributed by atoms with van der Waals surface area (Å²) in [5.74, 6) is 0. The Hall–Kier alpha value is -4.28. The van der Waals surface area contributed by atoms with Crippen LogP contribution in [0.25, 0.3) is 21.5 Å². The van der Waals surface area contributed by atoms with Gasteiger partial charge in [0, 0.05) is 25.0 Å². The predicted octanol–water partition coefficient (Wildman–Crippen LogP) is 14.5. The molecule has 8 rings (SSSR count). The third-order valence-electron chi connectivity index (χ3n) is 13.8. The molecule has 1 atom stereocenters. The summed E-state index contributed by atoms with van der Waals surface area (Å²) in [6.45, 7) is 30.4. The molecule has 3 N–H and O–H groups in total. The normalized spacial score (nSPS) is 16.3. The fourth-order valence-electron chi connectivity index (χ4n) is 10.5. The fraction of sp³-hybridized carbons (Fsp3) is 0.448. The Bertz CT molecular complexity index is 2480. The zero-order valence-corrected chi connectivity index (χ0v) is 38.5. The molecule has 0 aromatic heterocycles. The maximum atomic E-state index is 3.37. The van der Waals surface area contributed by atoms with Gasteiger partial charge in [0.1, 0.15) is 0 Å². The summed E-state index contributed by atoms with van der Waals surface area (Å²) in [6, 6.07) is 30.0. The van der Waals surface area contributed by atoms with Gasteiger partial charge in [-0.25, -0.2) is 0 Å². The molecule has 0 aliphatic heterocycles. The lowest BCUT2D eigenvalue weighted by atomic mass is 9.72. The number of hydrogen-bond acceptors (Lipinski definition) is 3. The van der Waals surface area contributed by atoms with E-state index in [0.717, 1.165) is 19.6 Å². The lowest BCUT2D eigenvalue weighted by Gasteiger charge is -2.31. The summed E-state index contributed by atoms with van der Waals surface area (Å²) in [6.07, 6.45) is 2.44. The summed E-state index contributed by atoms with van der Waals surface area (Å²) < 4.78 is 0. The minimum atomic E-state index is 0. The van der Waals surface area contributed by atoms with Crippen molar-refractivity contribution in [2.75, 3.05) is 21.1 Å². The van der Waals surface area contributed by atoms with Crippen molar-refractivity contribution in [1.82, 2.24) is 16.0 Å². The zero-order chi connectivity index (χ0) is 42.3. The molecule has 6 aromatic carbocycles. The number of benzene rings is 6. The topological polar surface area (TPSA) is 36.1 Å². The number of fused-ring (bicyclic) bond motifs is 6. The molecule has 3 heteroatoms. The maximum absolute atomic E-state index is 3.37. The molecule has 1 spiro atoms. The van der Waals surface area contributed by atoms with E-state index in [9.17, 15) is 0 Å². The van der Waals surface area contributed by atoms with Crippen LogP contribution in [-0.4, -0.2) is 21.1 Å². The average Bonchev–Trinajstić information content (AvgIpc) is 3.52. The third kappa shape index (κ3) is 9.70. The first kappa shape index (κ1) is 51.1. The largest absolute Gasteiger partial charge is 0.316 e. The summed E-state index contributed by atoms with van der Waals surface area (Å²) in [7, 11) is 6.02. The standard InChI is InChI=1S/C26H35N.C18H19N.C11H17N.3CH4/c1-16-9-20-22(10-17(16)2)26(14-24(20,4)5)15-25(6,7)21-11-18(3)19(13-27-8)12-23(21)26;1-12-15-6-4-5-7-16(15)13(2)18-10-14(11-19-3)8-9-17(12)18;1-8-5-10(3)11(7-12-4)6-9(8)2;;;/h9-12,27H,13-15H2,1-8H3;4-10,19H,11H2,1-3H3;5-6,12H,7H2,1-4H3;3*1H4. The second-order valence-electron chi connectivity index (χ2n) is 19.1. The van der Waals surface area contributed by atoms with Crippen molar-refractivity contribution in [2.45, 2.75) is 154 Å². The number of hydrogen-bond donors (Lipinski definition) is 3. The van der Waals surface area contributed by atoms with Gasteiger partial charge in [0.25, 0.3) is 0 Å². The van der Waals surface area contributed by atoms with Crippen LogP contribution < -0.4 is 16.0 Å². The van der Waals surface area contributed by atoms with Crippen molar-refractivity contribution in [2.24, 2.45) is 0 Å². The molecule has 2 aliphatic carbocycles. The summed E-state index contributed by atoms with van der Waals surface area (Å²) in [5.41, 5.74) is 22.3. The van der Waals surface area contributed by atoms with Gasteiger partial charge in [-0.05, 0) is 211 Å². The highest BCUT2D eigenvalue weighted by Gasteiger charge is 2.56. The first-order valence-electron chi connectivity index (χ1n) is 21.6. The third-order valence-corrected chi connectivity index (χ3v) is 13.8. The number of rotatable bonds is 6. The van der Waals surface area contributed by atoms with Crippen LogP contribution >= 0.6 is 0 Å².